The Bertz CT molecular complexity index is 4550. The van der Waals surface area contributed by atoms with Crippen LogP contribution in [0.3, 0.4) is 0 Å². The first-order chi connectivity index (χ1) is 33.7. The van der Waals surface area contributed by atoms with E-state index in [1.54, 1.807) is 0 Å². The van der Waals surface area contributed by atoms with Crippen molar-refractivity contribution in [1.29, 1.82) is 0 Å². The highest BCUT2D eigenvalue weighted by molar-refractivity contribution is 7.25. The Morgan fingerprint density at radius 3 is 1.62 bits per heavy atom. The van der Waals surface area contributed by atoms with Crippen molar-refractivity contribution in [2.75, 3.05) is 0 Å². The van der Waals surface area contributed by atoms with Gasteiger partial charge in [-0.3, -0.25) is 0 Å². The van der Waals surface area contributed by atoms with E-state index in [9.17, 15) is 0 Å². The van der Waals surface area contributed by atoms with Gasteiger partial charge in [-0.2, -0.15) is 0 Å². The number of aromatic nitrogens is 2. The Balaban J connectivity index is 0.946. The summed E-state index contributed by atoms with van der Waals surface area (Å²) in [5, 5.41) is 12.2. The highest BCUT2D eigenvalue weighted by Crippen LogP contribution is 2.44. The molecule has 0 aliphatic heterocycles. The topological polar surface area (TPSA) is 23.0 Å². The van der Waals surface area contributed by atoms with Gasteiger partial charge in [-0.1, -0.05) is 146 Å². The fraction of sp³-hybridized carbons (Fsp3) is 0. The van der Waals surface area contributed by atoms with Gasteiger partial charge >= 0.3 is 0 Å². The van der Waals surface area contributed by atoms with Crippen LogP contribution in [0.1, 0.15) is 0 Å². The lowest BCUT2D eigenvalue weighted by Gasteiger charge is -2.11. The minimum absolute atomic E-state index is 0.893. The highest BCUT2D eigenvalue weighted by Gasteiger charge is 2.21. The molecule has 0 spiro atoms. The molecule has 0 atom stereocenters. The van der Waals surface area contributed by atoms with Crippen LogP contribution >= 0.6 is 11.3 Å². The summed E-state index contributed by atoms with van der Waals surface area (Å²) >= 11 is 1.86. The molecule has 0 aliphatic carbocycles. The maximum atomic E-state index is 6.67. The molecule has 15 aromatic rings. The number of para-hydroxylation sites is 2. The lowest BCUT2D eigenvalue weighted by atomic mass is 9.98. The van der Waals surface area contributed by atoms with Crippen LogP contribution in [0.2, 0.25) is 0 Å². The summed E-state index contributed by atoms with van der Waals surface area (Å²) < 4.78 is 14.1. The number of benzene rings is 11. The first kappa shape index (κ1) is 37.5. The zero-order valence-corrected chi connectivity index (χ0v) is 37.5. The molecule has 15 rings (SSSR count). The van der Waals surface area contributed by atoms with E-state index >= 15 is 0 Å². The zero-order valence-electron chi connectivity index (χ0n) is 36.7. The molecule has 3 nitrogen and oxygen atoms in total. The third-order valence-corrected chi connectivity index (χ3v) is 15.5. The maximum Gasteiger partial charge on any atom is 0.159 e. The Morgan fingerprint density at radius 1 is 0.309 bits per heavy atom. The normalized spacial score (nSPS) is 12.1. The third kappa shape index (κ3) is 5.53. The van der Waals surface area contributed by atoms with Crippen molar-refractivity contribution >= 4 is 108 Å². The maximum absolute atomic E-state index is 6.67. The quantitative estimate of drug-likeness (QED) is 0.169. The van der Waals surface area contributed by atoms with E-state index in [2.05, 4.69) is 234 Å². The molecule has 4 heterocycles. The number of furan rings is 1. The molecule has 0 saturated carbocycles. The van der Waals surface area contributed by atoms with E-state index in [1.807, 2.05) is 17.4 Å². The number of rotatable bonds is 5. The molecule has 4 aromatic heterocycles. The predicted molar refractivity (Wildman–Crippen MR) is 289 cm³/mol. The molecule has 68 heavy (non-hydrogen) atoms. The molecule has 0 aliphatic rings. The van der Waals surface area contributed by atoms with Gasteiger partial charge < -0.3 is 13.6 Å². The Hall–Kier alpha value is -8.70. The first-order valence-electron chi connectivity index (χ1n) is 23.2. The van der Waals surface area contributed by atoms with E-state index < -0.39 is 0 Å². The highest BCUT2D eigenvalue weighted by atomic mass is 32.1. The van der Waals surface area contributed by atoms with Crippen LogP contribution in [0.15, 0.2) is 235 Å². The second kappa shape index (κ2) is 14.4. The summed E-state index contributed by atoms with van der Waals surface area (Å²) in [5.41, 5.74) is 15.8. The van der Waals surface area contributed by atoms with Gasteiger partial charge in [0.2, 0.25) is 0 Å². The third-order valence-electron chi connectivity index (χ3n) is 14.3. The van der Waals surface area contributed by atoms with Crippen molar-refractivity contribution in [2.24, 2.45) is 0 Å². The van der Waals surface area contributed by atoms with Crippen molar-refractivity contribution in [1.82, 2.24) is 9.13 Å². The van der Waals surface area contributed by atoms with Crippen molar-refractivity contribution in [3.05, 3.63) is 231 Å². The van der Waals surface area contributed by atoms with Gasteiger partial charge in [0.15, 0.2) is 5.58 Å². The van der Waals surface area contributed by atoms with E-state index in [4.69, 9.17) is 4.42 Å². The Kier molecular flexibility index (Phi) is 7.94. The summed E-state index contributed by atoms with van der Waals surface area (Å²) in [6, 6.07) is 84.6. The van der Waals surface area contributed by atoms with Gasteiger partial charge in [-0.05, 0) is 129 Å². The van der Waals surface area contributed by atoms with E-state index in [-0.39, 0.29) is 0 Å². The molecule has 0 bridgehead atoms. The van der Waals surface area contributed by atoms with Crippen molar-refractivity contribution in [2.45, 2.75) is 0 Å². The molecule has 11 aromatic carbocycles. The van der Waals surface area contributed by atoms with Gasteiger partial charge in [-0.25, -0.2) is 0 Å². The summed E-state index contributed by atoms with van der Waals surface area (Å²) in [6.45, 7) is 0. The van der Waals surface area contributed by atoms with Crippen LogP contribution < -0.4 is 0 Å². The number of hydrogen-bond acceptors (Lipinski definition) is 2. The summed E-state index contributed by atoms with van der Waals surface area (Å²) in [4.78, 5) is 0. The van der Waals surface area contributed by atoms with E-state index in [1.165, 1.54) is 96.9 Å². The Morgan fingerprint density at radius 2 is 0.853 bits per heavy atom. The van der Waals surface area contributed by atoms with E-state index in [0.29, 0.717) is 0 Å². The Labute approximate surface area is 394 Å². The average Bonchev–Trinajstić information content (AvgIpc) is 4.16. The lowest BCUT2D eigenvalue weighted by Crippen LogP contribution is -1.94. The van der Waals surface area contributed by atoms with Crippen molar-refractivity contribution in [3.8, 4) is 44.8 Å². The molecule has 4 heteroatoms. The summed E-state index contributed by atoms with van der Waals surface area (Å²) in [7, 11) is 0. The number of nitrogens with zero attached hydrogens (tertiary/aromatic N) is 2. The van der Waals surface area contributed by atoms with Gasteiger partial charge in [0.1, 0.15) is 5.58 Å². The minimum atomic E-state index is 0.893. The summed E-state index contributed by atoms with van der Waals surface area (Å²) in [6.07, 6.45) is 0. The molecular formula is C64H38N2OS. The zero-order chi connectivity index (χ0) is 44.5. The fourth-order valence-corrected chi connectivity index (χ4v) is 12.2. The van der Waals surface area contributed by atoms with Crippen LogP contribution in [0.5, 0.6) is 0 Å². The largest absolute Gasteiger partial charge is 0.454 e. The summed E-state index contributed by atoms with van der Waals surface area (Å²) in [5.74, 6) is 0. The van der Waals surface area contributed by atoms with Crippen LogP contribution in [0.4, 0.5) is 0 Å². The SMILES string of the molecule is c1ccc(-c2ccc(-n3c4ccc(-c5ccc6sc7ccccc7c6c5)cc4c4cc(-c5ccc6c(c5)c5c7ccccc7ccc5n6-c5cccc6c5oc5ccccc56)ccc43)cc2)cc1. The number of hydrogen-bond donors (Lipinski definition) is 0. The van der Waals surface area contributed by atoms with Crippen LogP contribution in [-0.4, -0.2) is 9.13 Å². The van der Waals surface area contributed by atoms with Gasteiger partial charge in [0.05, 0.1) is 27.8 Å². The predicted octanol–water partition coefficient (Wildman–Crippen LogP) is 18.3. The lowest BCUT2D eigenvalue weighted by molar-refractivity contribution is 0.666. The average molecular weight is 883 g/mol. The van der Waals surface area contributed by atoms with Gasteiger partial charge in [-0.15, -0.1) is 11.3 Å². The standard InChI is InChI=1S/C64H38N2OS/c1-2-11-39(12-3-1)40-21-28-46(29-22-40)65-55-30-24-42(35-51(55)52-36-43(25-31-56(52)65)45-27-34-62-53(37-45)49-16-7-9-20-61(49)68-62)44-26-32-57-54(38-44)63-47-14-5-4-13-41(47)23-33-58(63)66(57)59-18-10-17-50-48-15-6-8-19-60(48)67-64(50)59/h1-38H. The molecule has 316 valence electrons. The van der Waals surface area contributed by atoms with Crippen LogP contribution in [0, 0.1) is 0 Å². The molecule has 0 saturated heterocycles. The fourth-order valence-electron chi connectivity index (χ4n) is 11.1. The molecule has 0 amide bonds. The number of fused-ring (bicyclic) bond motifs is 14. The smallest absolute Gasteiger partial charge is 0.159 e. The van der Waals surface area contributed by atoms with Crippen LogP contribution in [0.25, 0.3) is 141 Å². The number of thiophene rings is 1. The first-order valence-corrected chi connectivity index (χ1v) is 24.0. The minimum Gasteiger partial charge on any atom is -0.454 e. The molecule has 0 N–H and O–H groups in total. The molecule has 0 radical (unpaired) electrons. The van der Waals surface area contributed by atoms with Gasteiger partial charge in [0, 0.05) is 58.2 Å². The second-order valence-corrected chi connectivity index (χ2v) is 19.1. The van der Waals surface area contributed by atoms with Crippen molar-refractivity contribution in [3.63, 3.8) is 0 Å². The second-order valence-electron chi connectivity index (χ2n) is 18.0. The van der Waals surface area contributed by atoms with Crippen molar-refractivity contribution < 1.29 is 4.42 Å². The molecule has 0 fully saturated rings. The van der Waals surface area contributed by atoms with E-state index in [0.717, 1.165) is 44.3 Å². The van der Waals surface area contributed by atoms with Crippen LogP contribution in [-0.2, 0) is 0 Å². The monoisotopic (exact) mass is 882 g/mol. The molecular weight excluding hydrogens is 845 g/mol. The molecule has 0 unspecified atom stereocenters. The van der Waals surface area contributed by atoms with Gasteiger partial charge in [0.25, 0.3) is 0 Å².